The normalized spacial score (nSPS) is 18.9. The first-order valence-electron chi connectivity index (χ1n) is 7.87. The van der Waals surface area contributed by atoms with Gasteiger partial charge in [0, 0.05) is 19.6 Å². The van der Waals surface area contributed by atoms with Gasteiger partial charge in [0.25, 0.3) is 0 Å². The average molecular weight is 429 g/mol. The highest BCUT2D eigenvalue weighted by Gasteiger charge is 2.17. The molecule has 1 aliphatic heterocycles. The maximum Gasteiger partial charge on any atom is 0.326 e. The fraction of sp³-hybridized carbons (Fsp3) is 0.500. The molecule has 1 atom stereocenters. The van der Waals surface area contributed by atoms with Crippen LogP contribution in [0.4, 0.5) is 0 Å². The van der Waals surface area contributed by atoms with Crippen molar-refractivity contribution < 1.29 is 0 Å². The molecule has 1 fully saturated rings. The minimum Gasteiger partial charge on any atom is -0.370 e. The average Bonchev–Trinajstić information content (AvgIpc) is 2.83. The van der Waals surface area contributed by atoms with E-state index in [1.807, 2.05) is 24.3 Å². The predicted molar refractivity (Wildman–Crippen MR) is 104 cm³/mol. The Morgan fingerprint density at radius 2 is 2.22 bits per heavy atom. The number of nitrogens with one attached hydrogen (secondary N) is 1. The molecule has 0 spiro atoms. The van der Waals surface area contributed by atoms with Gasteiger partial charge in [-0.3, -0.25) is 9.56 Å². The Morgan fingerprint density at radius 1 is 1.43 bits per heavy atom. The molecule has 1 aromatic carbocycles. The summed E-state index contributed by atoms with van der Waals surface area (Å²) < 4.78 is 1.71. The summed E-state index contributed by atoms with van der Waals surface area (Å²) in [4.78, 5) is 21.4. The van der Waals surface area contributed by atoms with E-state index in [1.165, 1.54) is 12.8 Å². The van der Waals surface area contributed by atoms with Crippen LogP contribution in [-0.4, -0.2) is 40.0 Å². The zero-order valence-electron chi connectivity index (χ0n) is 13.4. The standard InChI is InChI=1S/C16H23N5O.HI/c1-12-5-4-9-20(11-12)15(17)18-8-10-21-14-7-3-2-6-13(14)19-16(21)22;/h2-3,6-7,12H,4-5,8-11H2,1H3,(H2,17,18)(H,19,22);1H. The van der Waals surface area contributed by atoms with Crippen molar-refractivity contribution in [1.29, 1.82) is 0 Å². The van der Waals surface area contributed by atoms with E-state index in [1.54, 1.807) is 4.57 Å². The monoisotopic (exact) mass is 429 g/mol. The van der Waals surface area contributed by atoms with E-state index in [9.17, 15) is 4.79 Å². The first-order valence-corrected chi connectivity index (χ1v) is 7.87. The van der Waals surface area contributed by atoms with Crippen molar-refractivity contribution in [3.05, 3.63) is 34.7 Å². The van der Waals surface area contributed by atoms with E-state index in [4.69, 9.17) is 5.73 Å². The lowest BCUT2D eigenvalue weighted by Gasteiger charge is -2.31. The minimum atomic E-state index is -0.0958. The number of likely N-dealkylation sites (tertiary alicyclic amines) is 1. The van der Waals surface area contributed by atoms with E-state index in [0.29, 0.717) is 25.0 Å². The molecule has 1 aliphatic rings. The van der Waals surface area contributed by atoms with Crippen molar-refractivity contribution in [3.8, 4) is 0 Å². The summed E-state index contributed by atoms with van der Waals surface area (Å²) in [6, 6.07) is 7.68. The van der Waals surface area contributed by atoms with Crippen LogP contribution >= 0.6 is 24.0 Å². The van der Waals surface area contributed by atoms with Gasteiger partial charge in [0.05, 0.1) is 17.6 Å². The number of para-hydroxylation sites is 2. The maximum absolute atomic E-state index is 12.0. The summed E-state index contributed by atoms with van der Waals surface area (Å²) in [6.45, 7) is 5.24. The van der Waals surface area contributed by atoms with Crippen LogP contribution < -0.4 is 11.4 Å². The van der Waals surface area contributed by atoms with Gasteiger partial charge in [-0.05, 0) is 30.9 Å². The fourth-order valence-electron chi connectivity index (χ4n) is 3.09. The number of rotatable bonds is 3. The molecule has 2 heterocycles. The van der Waals surface area contributed by atoms with Crippen molar-refractivity contribution in [1.82, 2.24) is 14.5 Å². The lowest BCUT2D eigenvalue weighted by Crippen LogP contribution is -2.43. The van der Waals surface area contributed by atoms with Gasteiger partial charge in [-0.15, -0.1) is 24.0 Å². The second-order valence-electron chi connectivity index (χ2n) is 6.03. The Hall–Kier alpha value is -1.51. The SMILES string of the molecule is CC1CCCN(C(N)=NCCn2c(=O)[nH]c3ccccc32)C1.I. The first kappa shape index (κ1) is 17.8. The maximum atomic E-state index is 12.0. The Bertz CT molecular complexity index is 735. The smallest absolute Gasteiger partial charge is 0.326 e. The van der Waals surface area contributed by atoms with Gasteiger partial charge in [-0.25, -0.2) is 4.79 Å². The number of H-pyrrole nitrogens is 1. The fourth-order valence-corrected chi connectivity index (χ4v) is 3.09. The Morgan fingerprint density at radius 3 is 3.00 bits per heavy atom. The second kappa shape index (κ2) is 7.85. The minimum absolute atomic E-state index is 0. The molecule has 2 aromatic rings. The van der Waals surface area contributed by atoms with Crippen LogP contribution in [0.3, 0.4) is 0 Å². The van der Waals surface area contributed by atoms with Crippen LogP contribution in [0.25, 0.3) is 11.0 Å². The quantitative estimate of drug-likeness (QED) is 0.445. The first-order chi connectivity index (χ1) is 10.6. The molecule has 23 heavy (non-hydrogen) atoms. The number of imidazole rings is 1. The van der Waals surface area contributed by atoms with Crippen LogP contribution in [0.5, 0.6) is 0 Å². The van der Waals surface area contributed by atoms with Crippen LogP contribution in [0.2, 0.25) is 0 Å². The second-order valence-corrected chi connectivity index (χ2v) is 6.03. The third-order valence-electron chi connectivity index (χ3n) is 4.26. The van der Waals surface area contributed by atoms with Crippen molar-refractivity contribution >= 4 is 41.0 Å². The molecule has 3 N–H and O–H groups in total. The van der Waals surface area contributed by atoms with E-state index < -0.39 is 0 Å². The number of benzene rings is 1. The van der Waals surface area contributed by atoms with Crippen molar-refractivity contribution in [2.45, 2.75) is 26.3 Å². The van der Waals surface area contributed by atoms with Gasteiger partial charge in [-0.2, -0.15) is 0 Å². The topological polar surface area (TPSA) is 79.4 Å². The van der Waals surface area contributed by atoms with Crippen LogP contribution in [-0.2, 0) is 6.54 Å². The number of aromatic amines is 1. The molecule has 126 valence electrons. The highest BCUT2D eigenvalue weighted by molar-refractivity contribution is 14.0. The van der Waals surface area contributed by atoms with Gasteiger partial charge in [0.1, 0.15) is 0 Å². The van der Waals surface area contributed by atoms with Gasteiger partial charge in [0.15, 0.2) is 5.96 Å². The molecule has 0 saturated carbocycles. The van der Waals surface area contributed by atoms with E-state index in [2.05, 4.69) is 21.8 Å². The van der Waals surface area contributed by atoms with E-state index in [-0.39, 0.29) is 29.7 Å². The van der Waals surface area contributed by atoms with Gasteiger partial charge in [-0.1, -0.05) is 19.1 Å². The Labute approximate surface area is 152 Å². The lowest BCUT2D eigenvalue weighted by atomic mass is 10.0. The lowest BCUT2D eigenvalue weighted by molar-refractivity contribution is 0.270. The molecule has 0 aliphatic carbocycles. The molecule has 1 unspecified atom stereocenters. The van der Waals surface area contributed by atoms with Crippen molar-refractivity contribution in [2.75, 3.05) is 19.6 Å². The van der Waals surface area contributed by atoms with Gasteiger partial charge >= 0.3 is 5.69 Å². The third kappa shape index (κ3) is 4.07. The van der Waals surface area contributed by atoms with E-state index in [0.717, 1.165) is 24.1 Å². The molecule has 6 nitrogen and oxygen atoms in total. The number of piperidine rings is 1. The molecule has 0 radical (unpaired) electrons. The Balaban J connectivity index is 0.00000192. The zero-order valence-corrected chi connectivity index (χ0v) is 15.7. The summed E-state index contributed by atoms with van der Waals surface area (Å²) in [5.41, 5.74) is 7.75. The summed E-state index contributed by atoms with van der Waals surface area (Å²) >= 11 is 0. The molecule has 1 saturated heterocycles. The molecular formula is C16H24IN5O. The number of halogens is 1. The molecular weight excluding hydrogens is 405 g/mol. The number of guanidine groups is 1. The number of hydrogen-bond donors (Lipinski definition) is 2. The van der Waals surface area contributed by atoms with Gasteiger partial charge in [0.2, 0.25) is 0 Å². The number of hydrogen-bond acceptors (Lipinski definition) is 2. The largest absolute Gasteiger partial charge is 0.370 e. The summed E-state index contributed by atoms with van der Waals surface area (Å²) in [5.74, 6) is 1.26. The predicted octanol–water partition coefficient (Wildman–Crippen LogP) is 1.99. The molecule has 0 bridgehead atoms. The highest BCUT2D eigenvalue weighted by atomic mass is 127. The zero-order chi connectivity index (χ0) is 15.5. The van der Waals surface area contributed by atoms with Gasteiger partial charge < -0.3 is 15.6 Å². The summed E-state index contributed by atoms with van der Waals surface area (Å²) in [7, 11) is 0. The van der Waals surface area contributed by atoms with Crippen LogP contribution in [0.1, 0.15) is 19.8 Å². The van der Waals surface area contributed by atoms with Crippen molar-refractivity contribution in [2.24, 2.45) is 16.6 Å². The molecule has 1 aromatic heterocycles. The molecule has 3 rings (SSSR count). The third-order valence-corrected chi connectivity index (χ3v) is 4.26. The summed E-state index contributed by atoms with van der Waals surface area (Å²) in [6.07, 6.45) is 2.42. The van der Waals surface area contributed by atoms with Crippen LogP contribution in [0, 0.1) is 5.92 Å². The number of aromatic nitrogens is 2. The number of nitrogens with two attached hydrogens (primary N) is 1. The van der Waals surface area contributed by atoms with E-state index >= 15 is 0 Å². The molecule has 7 heteroatoms. The number of fused-ring (bicyclic) bond motifs is 1. The number of aliphatic imine (C=N–C) groups is 1. The Kier molecular flexibility index (Phi) is 6.09. The summed E-state index contributed by atoms with van der Waals surface area (Å²) in [5, 5.41) is 0. The number of nitrogens with zero attached hydrogens (tertiary/aromatic N) is 3. The van der Waals surface area contributed by atoms with Crippen LogP contribution in [0.15, 0.2) is 34.1 Å². The van der Waals surface area contributed by atoms with Crippen molar-refractivity contribution in [3.63, 3.8) is 0 Å². The highest BCUT2D eigenvalue weighted by Crippen LogP contribution is 2.15. The molecule has 0 amide bonds.